The number of oxime groups is 1. The van der Waals surface area contributed by atoms with Crippen molar-refractivity contribution in [2.45, 2.75) is 31.8 Å². The summed E-state index contributed by atoms with van der Waals surface area (Å²) >= 11 is 0. The van der Waals surface area contributed by atoms with Crippen LogP contribution in [0.25, 0.3) is 0 Å². The first-order valence-corrected chi connectivity index (χ1v) is 5.85. The molecule has 1 N–H and O–H groups in total. The zero-order valence-electron chi connectivity index (χ0n) is 9.93. The monoisotopic (exact) mass is 235 g/mol. The lowest BCUT2D eigenvalue weighted by molar-refractivity contribution is 0.201. The van der Waals surface area contributed by atoms with E-state index in [0.29, 0.717) is 11.9 Å². The number of methoxy groups -OCH3 is 1. The normalized spacial score (nSPS) is 16.5. The van der Waals surface area contributed by atoms with Crippen LogP contribution in [0.5, 0.6) is 11.5 Å². The van der Waals surface area contributed by atoms with Gasteiger partial charge in [-0.2, -0.15) is 0 Å². The van der Waals surface area contributed by atoms with Gasteiger partial charge in [-0.1, -0.05) is 5.16 Å². The van der Waals surface area contributed by atoms with Crippen LogP contribution in [-0.2, 0) is 0 Å². The van der Waals surface area contributed by atoms with E-state index in [1.807, 2.05) is 12.1 Å². The Kier molecular flexibility index (Phi) is 3.85. The van der Waals surface area contributed by atoms with Crippen LogP contribution < -0.4 is 9.47 Å². The van der Waals surface area contributed by atoms with Gasteiger partial charge >= 0.3 is 0 Å². The van der Waals surface area contributed by atoms with Gasteiger partial charge in [0, 0.05) is 5.56 Å². The molecule has 4 heteroatoms. The van der Waals surface area contributed by atoms with Crippen molar-refractivity contribution in [2.24, 2.45) is 5.16 Å². The lowest BCUT2D eigenvalue weighted by Crippen LogP contribution is -2.11. The minimum atomic E-state index is 0.307. The minimum absolute atomic E-state index is 0.307. The molecule has 1 aliphatic rings. The predicted octanol–water partition coefficient (Wildman–Crippen LogP) is 2.82. The molecular weight excluding hydrogens is 218 g/mol. The number of nitrogens with zero attached hydrogens (tertiary/aromatic N) is 1. The zero-order chi connectivity index (χ0) is 12.1. The van der Waals surface area contributed by atoms with Crippen LogP contribution in [0.1, 0.15) is 31.2 Å². The summed E-state index contributed by atoms with van der Waals surface area (Å²) in [6.07, 6.45) is 6.37. The second-order valence-corrected chi connectivity index (χ2v) is 4.18. The summed E-state index contributed by atoms with van der Waals surface area (Å²) in [7, 11) is 1.61. The highest BCUT2D eigenvalue weighted by Gasteiger charge is 2.18. The van der Waals surface area contributed by atoms with Crippen molar-refractivity contribution in [1.29, 1.82) is 0 Å². The number of rotatable bonds is 4. The zero-order valence-corrected chi connectivity index (χ0v) is 9.93. The van der Waals surface area contributed by atoms with E-state index in [9.17, 15) is 0 Å². The highest BCUT2D eigenvalue weighted by Crippen LogP contribution is 2.31. The molecule has 1 fully saturated rings. The fourth-order valence-corrected chi connectivity index (χ4v) is 2.11. The number of ether oxygens (including phenoxy) is 2. The van der Waals surface area contributed by atoms with Gasteiger partial charge in [-0.15, -0.1) is 0 Å². The SMILES string of the molecule is COc1cc(/C=N/O)ccc1OC1CCCC1. The lowest BCUT2D eigenvalue weighted by atomic mass is 10.2. The van der Waals surface area contributed by atoms with Crippen LogP contribution in [0, 0.1) is 0 Å². The van der Waals surface area contributed by atoms with Gasteiger partial charge in [-0.25, -0.2) is 0 Å². The van der Waals surface area contributed by atoms with Gasteiger partial charge in [0.15, 0.2) is 11.5 Å². The molecular formula is C13H17NO3. The molecule has 0 radical (unpaired) electrons. The Morgan fingerprint density at radius 3 is 2.71 bits per heavy atom. The molecule has 0 bridgehead atoms. The Labute approximate surface area is 101 Å². The topological polar surface area (TPSA) is 51.0 Å². The molecule has 0 unspecified atom stereocenters. The number of hydrogen-bond donors (Lipinski definition) is 1. The average Bonchev–Trinajstić information content (AvgIpc) is 2.84. The standard InChI is InChI=1S/C13H17NO3/c1-16-13-8-10(9-14-15)6-7-12(13)17-11-4-2-3-5-11/h6-9,11,15H,2-5H2,1H3/b14-9+. The molecule has 0 amide bonds. The Hall–Kier alpha value is -1.71. The molecule has 1 aromatic carbocycles. The van der Waals surface area contributed by atoms with Crippen molar-refractivity contribution in [3.05, 3.63) is 23.8 Å². The molecule has 4 nitrogen and oxygen atoms in total. The fraction of sp³-hybridized carbons (Fsp3) is 0.462. The van der Waals surface area contributed by atoms with Gasteiger partial charge in [-0.3, -0.25) is 0 Å². The Morgan fingerprint density at radius 1 is 1.29 bits per heavy atom. The van der Waals surface area contributed by atoms with Gasteiger partial charge in [-0.05, 0) is 43.9 Å². The highest BCUT2D eigenvalue weighted by molar-refractivity contribution is 5.80. The van der Waals surface area contributed by atoms with Crippen molar-refractivity contribution in [2.75, 3.05) is 7.11 Å². The van der Waals surface area contributed by atoms with E-state index in [4.69, 9.17) is 14.7 Å². The van der Waals surface area contributed by atoms with E-state index in [1.54, 1.807) is 13.2 Å². The van der Waals surface area contributed by atoms with Crippen LogP contribution in [-0.4, -0.2) is 24.6 Å². The molecule has 1 saturated carbocycles. The van der Waals surface area contributed by atoms with Crippen molar-refractivity contribution in [3.63, 3.8) is 0 Å². The molecule has 0 heterocycles. The van der Waals surface area contributed by atoms with Crippen molar-refractivity contribution >= 4 is 6.21 Å². The summed E-state index contributed by atoms with van der Waals surface area (Å²) in [6, 6.07) is 5.49. The molecule has 2 rings (SSSR count). The lowest BCUT2D eigenvalue weighted by Gasteiger charge is -2.16. The first-order chi connectivity index (χ1) is 8.33. The minimum Gasteiger partial charge on any atom is -0.493 e. The average molecular weight is 235 g/mol. The summed E-state index contributed by atoms with van der Waals surface area (Å²) in [5.74, 6) is 1.43. The van der Waals surface area contributed by atoms with E-state index < -0.39 is 0 Å². The molecule has 1 aromatic rings. The van der Waals surface area contributed by atoms with Gasteiger partial charge in [0.2, 0.25) is 0 Å². The third-order valence-electron chi connectivity index (χ3n) is 2.99. The Morgan fingerprint density at radius 2 is 2.06 bits per heavy atom. The highest BCUT2D eigenvalue weighted by atomic mass is 16.5. The Balaban J connectivity index is 2.15. The van der Waals surface area contributed by atoms with Gasteiger partial charge in [0.25, 0.3) is 0 Å². The second kappa shape index (κ2) is 5.57. The van der Waals surface area contributed by atoms with E-state index in [0.717, 1.165) is 24.2 Å². The third kappa shape index (κ3) is 2.90. The molecule has 0 aliphatic heterocycles. The van der Waals surface area contributed by atoms with Crippen molar-refractivity contribution in [1.82, 2.24) is 0 Å². The summed E-state index contributed by atoms with van der Waals surface area (Å²) < 4.78 is 11.2. The van der Waals surface area contributed by atoms with E-state index in [-0.39, 0.29) is 0 Å². The van der Waals surface area contributed by atoms with Crippen molar-refractivity contribution < 1.29 is 14.7 Å². The molecule has 0 spiro atoms. The van der Waals surface area contributed by atoms with Gasteiger partial charge < -0.3 is 14.7 Å². The molecule has 0 atom stereocenters. The van der Waals surface area contributed by atoms with Crippen LogP contribution in [0.15, 0.2) is 23.4 Å². The predicted molar refractivity (Wildman–Crippen MR) is 65.3 cm³/mol. The third-order valence-corrected chi connectivity index (χ3v) is 2.99. The first-order valence-electron chi connectivity index (χ1n) is 5.85. The molecule has 1 aliphatic carbocycles. The quantitative estimate of drug-likeness (QED) is 0.496. The van der Waals surface area contributed by atoms with Gasteiger partial charge in [0.05, 0.1) is 19.4 Å². The van der Waals surface area contributed by atoms with Gasteiger partial charge in [0.1, 0.15) is 0 Å². The van der Waals surface area contributed by atoms with Crippen LogP contribution in [0.2, 0.25) is 0 Å². The maximum Gasteiger partial charge on any atom is 0.161 e. The molecule has 92 valence electrons. The largest absolute Gasteiger partial charge is 0.493 e. The smallest absolute Gasteiger partial charge is 0.161 e. The first kappa shape index (κ1) is 11.8. The molecule has 0 saturated heterocycles. The maximum absolute atomic E-state index is 8.48. The summed E-state index contributed by atoms with van der Waals surface area (Å²) in [5, 5.41) is 11.5. The molecule has 0 aromatic heterocycles. The Bertz CT molecular complexity index is 398. The summed E-state index contributed by atoms with van der Waals surface area (Å²) in [6.45, 7) is 0. The maximum atomic E-state index is 8.48. The van der Waals surface area contributed by atoms with Crippen LogP contribution >= 0.6 is 0 Å². The summed E-state index contributed by atoms with van der Waals surface area (Å²) in [4.78, 5) is 0. The van der Waals surface area contributed by atoms with Crippen molar-refractivity contribution in [3.8, 4) is 11.5 Å². The van der Waals surface area contributed by atoms with E-state index >= 15 is 0 Å². The molecule has 17 heavy (non-hydrogen) atoms. The fourth-order valence-electron chi connectivity index (χ4n) is 2.11. The van der Waals surface area contributed by atoms with E-state index in [2.05, 4.69) is 5.16 Å². The second-order valence-electron chi connectivity index (χ2n) is 4.18. The van der Waals surface area contributed by atoms with Crippen LogP contribution in [0.4, 0.5) is 0 Å². The number of benzene rings is 1. The summed E-state index contributed by atoms with van der Waals surface area (Å²) in [5.41, 5.74) is 0.781. The van der Waals surface area contributed by atoms with Crippen LogP contribution in [0.3, 0.4) is 0 Å². The van der Waals surface area contributed by atoms with E-state index in [1.165, 1.54) is 19.1 Å². The number of hydrogen-bond acceptors (Lipinski definition) is 4.